The molecule has 6 rings (SSSR count). The largest absolute Gasteiger partial charge is 0.453 e. The second kappa shape index (κ2) is 8.15. The van der Waals surface area contributed by atoms with Gasteiger partial charge in [-0.15, -0.1) is 0 Å². The van der Waals surface area contributed by atoms with Gasteiger partial charge in [-0.25, -0.2) is 4.98 Å². The topological polar surface area (TPSA) is 51.1 Å². The quantitative estimate of drug-likeness (QED) is 0.255. The molecule has 5 nitrogen and oxygen atoms in total. The van der Waals surface area contributed by atoms with E-state index in [1.807, 2.05) is 108 Å². The second-order valence-electron chi connectivity index (χ2n) is 7.53. The molecule has 0 saturated heterocycles. The number of fused-ring (bicyclic) bond motifs is 2. The lowest BCUT2D eigenvalue weighted by molar-refractivity contribution is 0.476. The number of ether oxygens (including phenoxy) is 1. The molecule has 0 N–H and O–H groups in total. The van der Waals surface area contributed by atoms with E-state index in [0.717, 1.165) is 38.5 Å². The van der Waals surface area contributed by atoms with E-state index in [4.69, 9.17) is 19.7 Å². The highest BCUT2D eigenvalue weighted by Crippen LogP contribution is 2.50. The van der Waals surface area contributed by atoms with Gasteiger partial charge in [0.2, 0.25) is 5.95 Å². The van der Waals surface area contributed by atoms with Gasteiger partial charge in [0.25, 0.3) is 0 Å². The van der Waals surface area contributed by atoms with Crippen LogP contribution in [0.25, 0.3) is 22.8 Å². The number of halogens is 1. The lowest BCUT2D eigenvalue weighted by atomic mass is 10.1. The van der Waals surface area contributed by atoms with Gasteiger partial charge in [-0.05, 0) is 30.3 Å². The van der Waals surface area contributed by atoms with Gasteiger partial charge in [-0.2, -0.15) is 9.97 Å². The Balaban J connectivity index is 1.61. The molecule has 1 aliphatic rings. The van der Waals surface area contributed by atoms with E-state index in [1.165, 1.54) is 0 Å². The minimum atomic E-state index is 0.530. The smallest absolute Gasteiger partial charge is 0.239 e. The first-order valence-corrected chi connectivity index (χ1v) is 11.3. The Hall–Kier alpha value is -4.03. The van der Waals surface area contributed by atoms with Gasteiger partial charge in [0, 0.05) is 15.6 Å². The van der Waals surface area contributed by atoms with Crippen molar-refractivity contribution in [1.82, 2.24) is 15.0 Å². The Kier molecular flexibility index (Phi) is 4.85. The van der Waals surface area contributed by atoms with Crippen molar-refractivity contribution in [3.8, 4) is 34.3 Å². The van der Waals surface area contributed by atoms with E-state index < -0.39 is 0 Å². The Morgan fingerprint density at radius 1 is 0.576 bits per heavy atom. The van der Waals surface area contributed by atoms with E-state index in [1.54, 1.807) is 0 Å². The maximum Gasteiger partial charge on any atom is 0.239 e. The molecule has 0 radical (unpaired) electrons. The molecule has 33 heavy (non-hydrogen) atoms. The van der Waals surface area contributed by atoms with E-state index in [-0.39, 0.29) is 0 Å². The number of rotatable bonds is 3. The number of hydrogen-bond donors (Lipinski definition) is 0. The Morgan fingerprint density at radius 2 is 1.15 bits per heavy atom. The first kappa shape index (κ1) is 19.6. The van der Waals surface area contributed by atoms with Crippen LogP contribution in [0, 0.1) is 0 Å². The van der Waals surface area contributed by atoms with Gasteiger partial charge in [0.1, 0.15) is 0 Å². The SMILES string of the molecule is Brc1ccc2c(c1)Oc1ccccc1N2c1nc(-c2ccccc2)nc(-c2ccccc2)n1. The molecule has 0 saturated carbocycles. The highest BCUT2D eigenvalue weighted by molar-refractivity contribution is 9.10. The lowest BCUT2D eigenvalue weighted by Gasteiger charge is -2.31. The first-order valence-electron chi connectivity index (χ1n) is 10.5. The fourth-order valence-electron chi connectivity index (χ4n) is 3.84. The van der Waals surface area contributed by atoms with Crippen molar-refractivity contribution in [3.05, 3.63) is 108 Å². The van der Waals surface area contributed by atoms with E-state index in [2.05, 4.69) is 15.9 Å². The second-order valence-corrected chi connectivity index (χ2v) is 8.45. The van der Waals surface area contributed by atoms with Crippen LogP contribution in [0.1, 0.15) is 0 Å². The summed E-state index contributed by atoms with van der Waals surface area (Å²) in [5.74, 6) is 3.23. The lowest BCUT2D eigenvalue weighted by Crippen LogP contribution is -2.19. The summed E-state index contributed by atoms with van der Waals surface area (Å²) in [6, 6.07) is 33.8. The third-order valence-corrected chi connectivity index (χ3v) is 5.87. The molecule has 4 aromatic carbocycles. The van der Waals surface area contributed by atoms with Gasteiger partial charge in [0.15, 0.2) is 23.1 Å². The first-order chi connectivity index (χ1) is 16.3. The summed E-state index contributed by atoms with van der Waals surface area (Å²) in [5.41, 5.74) is 3.59. The number of benzene rings is 4. The van der Waals surface area contributed by atoms with Crippen molar-refractivity contribution in [2.45, 2.75) is 0 Å². The summed E-state index contributed by atoms with van der Waals surface area (Å²) in [7, 11) is 0. The van der Waals surface area contributed by atoms with Crippen molar-refractivity contribution in [3.63, 3.8) is 0 Å². The average molecular weight is 493 g/mol. The zero-order valence-corrected chi connectivity index (χ0v) is 19.0. The maximum atomic E-state index is 6.20. The molecule has 0 aliphatic carbocycles. The third kappa shape index (κ3) is 3.64. The fraction of sp³-hybridized carbons (Fsp3) is 0. The number of anilines is 3. The highest BCUT2D eigenvalue weighted by Gasteiger charge is 2.28. The predicted molar refractivity (Wildman–Crippen MR) is 133 cm³/mol. The minimum absolute atomic E-state index is 0.530. The van der Waals surface area contributed by atoms with Gasteiger partial charge in [-0.1, -0.05) is 88.7 Å². The Bertz CT molecular complexity index is 1400. The Morgan fingerprint density at radius 3 is 1.82 bits per heavy atom. The summed E-state index contributed by atoms with van der Waals surface area (Å²) < 4.78 is 7.13. The van der Waals surface area contributed by atoms with Crippen LogP contribution in [0.5, 0.6) is 11.5 Å². The average Bonchev–Trinajstić information content (AvgIpc) is 2.88. The van der Waals surface area contributed by atoms with Gasteiger partial charge < -0.3 is 4.74 Å². The third-order valence-electron chi connectivity index (χ3n) is 5.38. The van der Waals surface area contributed by atoms with Crippen LogP contribution in [-0.4, -0.2) is 15.0 Å². The number of hydrogen-bond acceptors (Lipinski definition) is 5. The van der Waals surface area contributed by atoms with Crippen LogP contribution in [0.15, 0.2) is 108 Å². The summed E-state index contributed by atoms with van der Waals surface area (Å²) in [6.45, 7) is 0. The number of aromatic nitrogens is 3. The predicted octanol–water partition coefficient (Wildman–Crippen LogP) is 7.54. The van der Waals surface area contributed by atoms with Crippen LogP contribution in [-0.2, 0) is 0 Å². The summed E-state index contributed by atoms with van der Waals surface area (Å²) in [5, 5.41) is 0. The summed E-state index contributed by atoms with van der Waals surface area (Å²) >= 11 is 3.55. The molecule has 5 aromatic rings. The van der Waals surface area contributed by atoms with Crippen molar-refractivity contribution >= 4 is 33.3 Å². The monoisotopic (exact) mass is 492 g/mol. The molecule has 1 aliphatic heterocycles. The maximum absolute atomic E-state index is 6.20. The summed E-state index contributed by atoms with van der Waals surface area (Å²) in [4.78, 5) is 16.7. The van der Waals surface area contributed by atoms with Crippen molar-refractivity contribution in [1.29, 1.82) is 0 Å². The molecule has 158 valence electrons. The van der Waals surface area contributed by atoms with Gasteiger partial charge in [-0.3, -0.25) is 4.90 Å². The van der Waals surface area contributed by atoms with Crippen LogP contribution in [0.4, 0.5) is 17.3 Å². The molecule has 2 heterocycles. The number of nitrogens with zero attached hydrogens (tertiary/aromatic N) is 4. The molecule has 0 atom stereocenters. The van der Waals surface area contributed by atoms with Crippen molar-refractivity contribution < 1.29 is 4.74 Å². The molecule has 0 bridgehead atoms. The van der Waals surface area contributed by atoms with E-state index >= 15 is 0 Å². The van der Waals surface area contributed by atoms with Crippen LogP contribution < -0.4 is 9.64 Å². The van der Waals surface area contributed by atoms with E-state index in [9.17, 15) is 0 Å². The minimum Gasteiger partial charge on any atom is -0.453 e. The van der Waals surface area contributed by atoms with Crippen molar-refractivity contribution in [2.24, 2.45) is 0 Å². The standard InChI is InChI=1S/C27H17BrN4O/c28-20-15-16-22-24(17-20)33-23-14-8-7-13-21(23)32(22)27-30-25(18-9-3-1-4-10-18)29-26(31-27)19-11-5-2-6-12-19/h1-17H. The zero-order chi connectivity index (χ0) is 22.2. The molecular weight excluding hydrogens is 476 g/mol. The van der Waals surface area contributed by atoms with Gasteiger partial charge in [0.05, 0.1) is 11.4 Å². The highest BCUT2D eigenvalue weighted by atomic mass is 79.9. The molecule has 1 aromatic heterocycles. The van der Waals surface area contributed by atoms with Crippen LogP contribution >= 0.6 is 15.9 Å². The fourth-order valence-corrected chi connectivity index (χ4v) is 4.18. The van der Waals surface area contributed by atoms with E-state index in [0.29, 0.717) is 17.6 Å². The molecule has 0 spiro atoms. The molecule has 0 fully saturated rings. The van der Waals surface area contributed by atoms with Crippen molar-refractivity contribution in [2.75, 3.05) is 4.90 Å². The molecule has 6 heteroatoms. The van der Waals surface area contributed by atoms with Crippen LogP contribution in [0.2, 0.25) is 0 Å². The molecular formula is C27H17BrN4O. The summed E-state index contributed by atoms with van der Waals surface area (Å²) in [6.07, 6.45) is 0. The molecule has 0 amide bonds. The van der Waals surface area contributed by atoms with Crippen LogP contribution in [0.3, 0.4) is 0 Å². The van der Waals surface area contributed by atoms with Gasteiger partial charge >= 0.3 is 0 Å². The zero-order valence-electron chi connectivity index (χ0n) is 17.4. The number of para-hydroxylation sites is 2. The molecule has 0 unspecified atom stereocenters. The normalized spacial score (nSPS) is 12.0. The Labute approximate surface area is 199 Å².